The molecule has 7 atom stereocenters. The van der Waals surface area contributed by atoms with Gasteiger partial charge in [0, 0.05) is 36.3 Å². The first-order valence-corrected chi connectivity index (χ1v) is 15.8. The third-order valence-corrected chi connectivity index (χ3v) is 11.6. The molecule has 8 nitrogen and oxygen atoms in total. The number of aliphatic hydroxyl groups excluding tert-OH is 1. The Labute approximate surface area is 252 Å². The first kappa shape index (κ1) is 30.2. The highest BCUT2D eigenvalue weighted by Crippen LogP contribution is 2.69. The van der Waals surface area contributed by atoms with Crippen LogP contribution in [0.15, 0.2) is 67.3 Å². The van der Waals surface area contributed by atoms with E-state index >= 15 is 0 Å². The quantitative estimate of drug-likeness (QED) is 0.359. The van der Waals surface area contributed by atoms with E-state index in [2.05, 4.69) is 25.3 Å². The topological polar surface area (TPSA) is 101 Å². The van der Waals surface area contributed by atoms with Gasteiger partial charge in [0.1, 0.15) is 6.04 Å². The monoisotopic (exact) mass is 591 g/mol. The lowest BCUT2D eigenvalue weighted by Gasteiger charge is -2.42. The number of benzene rings is 2. The maximum absolute atomic E-state index is 14.9. The van der Waals surface area contributed by atoms with E-state index in [0.717, 1.165) is 24.3 Å². The molecule has 2 bridgehead atoms. The van der Waals surface area contributed by atoms with E-state index in [1.807, 2.05) is 61.5 Å². The van der Waals surface area contributed by atoms with Crippen LogP contribution in [0.5, 0.6) is 0 Å². The molecule has 2 aromatic carbocycles. The van der Waals surface area contributed by atoms with Crippen molar-refractivity contribution in [3.05, 3.63) is 72.8 Å². The molecule has 1 spiro atoms. The number of carboxylic acid groups (broad SMARTS) is 1. The Morgan fingerprint density at radius 3 is 2.33 bits per heavy atom. The summed E-state index contributed by atoms with van der Waals surface area (Å²) >= 11 is 1.51. The van der Waals surface area contributed by atoms with Crippen molar-refractivity contribution in [2.24, 2.45) is 17.8 Å². The van der Waals surface area contributed by atoms with E-state index < -0.39 is 34.6 Å². The highest BCUT2D eigenvalue weighted by atomic mass is 32.2. The smallest absolute Gasteiger partial charge is 0.308 e. The van der Waals surface area contributed by atoms with Gasteiger partial charge >= 0.3 is 5.97 Å². The van der Waals surface area contributed by atoms with E-state index in [0.29, 0.717) is 18.5 Å². The van der Waals surface area contributed by atoms with Crippen molar-refractivity contribution in [1.29, 1.82) is 0 Å². The molecular formula is C33H41N3O5S. The number of thioether (sulfide) groups is 1. The molecule has 3 heterocycles. The maximum Gasteiger partial charge on any atom is 0.308 e. The van der Waals surface area contributed by atoms with Gasteiger partial charge in [0.2, 0.25) is 5.91 Å². The third kappa shape index (κ3) is 4.80. The molecule has 3 aliphatic heterocycles. The number of hydrogen-bond donors (Lipinski definition) is 2. The normalized spacial score (nSPS) is 28.4. The summed E-state index contributed by atoms with van der Waals surface area (Å²) < 4.78 is -0.896. The zero-order chi connectivity index (χ0) is 30.2. The van der Waals surface area contributed by atoms with E-state index in [1.165, 1.54) is 11.8 Å². The Bertz CT molecular complexity index is 1320. The number of nitrogens with zero attached hydrogens (tertiary/aromatic N) is 3. The van der Waals surface area contributed by atoms with Crippen LogP contribution in [0.25, 0.3) is 0 Å². The molecule has 9 heteroatoms. The van der Waals surface area contributed by atoms with Crippen LogP contribution < -0.4 is 9.80 Å². The fourth-order valence-electron chi connectivity index (χ4n) is 7.58. The number of aliphatic carboxylic acids is 1. The average Bonchev–Trinajstić information content (AvgIpc) is 3.59. The molecule has 5 rings (SSSR count). The fraction of sp³-hybridized carbons (Fsp3) is 0.485. The van der Waals surface area contributed by atoms with Crippen LogP contribution in [0, 0.1) is 17.8 Å². The summed E-state index contributed by atoms with van der Waals surface area (Å²) in [4.78, 5) is 47.2. The Morgan fingerprint density at radius 1 is 1.12 bits per heavy atom. The first-order valence-electron chi connectivity index (χ1n) is 14.9. The summed E-state index contributed by atoms with van der Waals surface area (Å²) in [5.41, 5.74) is 2.67. The Morgan fingerprint density at radius 2 is 1.76 bits per heavy atom. The number of carbonyl (C=O) groups is 3. The van der Waals surface area contributed by atoms with Gasteiger partial charge in [0.15, 0.2) is 0 Å². The SMILES string of the molecule is C=CCN(C(=O)C1N([C@@H](CO)Cc2ccccc2)C(=O)[C@@H]2[C@@H](C(=O)O)[C@H]3CC(C)C12S3)c1ccc(N(CC)CC)cc1. The van der Waals surface area contributed by atoms with Gasteiger partial charge in [-0.2, -0.15) is 0 Å². The van der Waals surface area contributed by atoms with Gasteiger partial charge in [-0.1, -0.05) is 43.3 Å². The van der Waals surface area contributed by atoms with E-state index in [1.54, 1.807) is 15.9 Å². The zero-order valence-electron chi connectivity index (χ0n) is 24.6. The lowest BCUT2D eigenvalue weighted by molar-refractivity contribution is -0.149. The Kier molecular flexibility index (Phi) is 8.71. The highest BCUT2D eigenvalue weighted by molar-refractivity contribution is 8.02. The summed E-state index contributed by atoms with van der Waals surface area (Å²) in [6.07, 6.45) is 2.66. The Hall–Kier alpha value is -3.30. The molecular weight excluding hydrogens is 550 g/mol. The molecule has 42 heavy (non-hydrogen) atoms. The van der Waals surface area contributed by atoms with Crippen molar-refractivity contribution in [2.45, 2.75) is 55.7 Å². The molecule has 0 radical (unpaired) electrons. The van der Waals surface area contributed by atoms with Crippen LogP contribution in [0.2, 0.25) is 0 Å². The summed E-state index contributed by atoms with van der Waals surface area (Å²) in [5.74, 6) is -3.35. The van der Waals surface area contributed by atoms with Crippen LogP contribution in [-0.2, 0) is 20.8 Å². The average molecular weight is 592 g/mol. The van der Waals surface area contributed by atoms with Crippen molar-refractivity contribution in [3.63, 3.8) is 0 Å². The van der Waals surface area contributed by atoms with Gasteiger partial charge in [-0.15, -0.1) is 18.3 Å². The molecule has 3 saturated heterocycles. The minimum atomic E-state index is -0.994. The number of likely N-dealkylation sites (tertiary alicyclic amines) is 1. The second-order valence-corrected chi connectivity index (χ2v) is 13.1. The van der Waals surface area contributed by atoms with Gasteiger partial charge in [0.25, 0.3) is 5.91 Å². The van der Waals surface area contributed by atoms with E-state index in [9.17, 15) is 24.6 Å². The molecule has 2 amide bonds. The molecule has 3 unspecified atom stereocenters. The zero-order valence-corrected chi connectivity index (χ0v) is 25.4. The van der Waals surface area contributed by atoms with Crippen molar-refractivity contribution in [2.75, 3.05) is 36.0 Å². The van der Waals surface area contributed by atoms with Crippen molar-refractivity contribution < 1.29 is 24.6 Å². The molecule has 2 N–H and O–H groups in total. The summed E-state index contributed by atoms with van der Waals surface area (Å²) in [7, 11) is 0. The number of fused-ring (bicyclic) bond motifs is 1. The molecule has 2 aromatic rings. The first-order chi connectivity index (χ1) is 20.2. The van der Waals surface area contributed by atoms with Crippen LogP contribution in [0.1, 0.15) is 32.8 Å². The molecule has 0 saturated carbocycles. The lowest BCUT2D eigenvalue weighted by Crippen LogP contribution is -2.59. The third-order valence-electron chi connectivity index (χ3n) is 9.49. The van der Waals surface area contributed by atoms with Crippen LogP contribution in [0.3, 0.4) is 0 Å². The molecule has 224 valence electrons. The minimum absolute atomic E-state index is 0.0531. The van der Waals surface area contributed by atoms with Gasteiger partial charge in [0.05, 0.1) is 29.2 Å². The second kappa shape index (κ2) is 12.1. The number of aliphatic hydroxyl groups is 1. The lowest BCUT2D eigenvalue weighted by atomic mass is 9.66. The Balaban J connectivity index is 1.60. The molecule has 0 aromatic heterocycles. The number of carbonyl (C=O) groups excluding carboxylic acids is 2. The van der Waals surface area contributed by atoms with Gasteiger partial charge in [-0.3, -0.25) is 14.4 Å². The van der Waals surface area contributed by atoms with Crippen molar-refractivity contribution in [3.8, 4) is 0 Å². The maximum atomic E-state index is 14.9. The standard InChI is InChI=1S/C33H41N3O5S/c1-5-17-35(24-15-13-23(14-16-24)34(6-2)7-3)31(39)29-33-21(4)18-26(42-33)27(32(40)41)28(33)30(38)36(29)25(20-37)19-22-11-9-8-10-12-22/h5,8-16,21,25-29,37H,1,6-7,17-20H2,2-4H3,(H,40,41)/t21?,25-,26-,27+,28+,29?,33?/m1/s1. The summed E-state index contributed by atoms with van der Waals surface area (Å²) in [6, 6.07) is 15.8. The van der Waals surface area contributed by atoms with Crippen LogP contribution >= 0.6 is 11.8 Å². The predicted octanol–water partition coefficient (Wildman–Crippen LogP) is 4.08. The summed E-state index contributed by atoms with van der Waals surface area (Å²) in [5, 5.41) is 20.7. The van der Waals surface area contributed by atoms with Crippen molar-refractivity contribution >= 4 is 40.9 Å². The van der Waals surface area contributed by atoms with Gasteiger partial charge in [-0.25, -0.2) is 0 Å². The van der Waals surface area contributed by atoms with Crippen molar-refractivity contribution in [1.82, 2.24) is 4.90 Å². The number of rotatable bonds is 12. The van der Waals surface area contributed by atoms with Gasteiger partial charge in [-0.05, 0) is 62.4 Å². The number of anilines is 2. The van der Waals surface area contributed by atoms with Crippen LogP contribution in [-0.4, -0.2) is 81.2 Å². The van der Waals surface area contributed by atoms with E-state index in [-0.39, 0.29) is 36.1 Å². The predicted molar refractivity (Wildman–Crippen MR) is 167 cm³/mol. The van der Waals surface area contributed by atoms with Crippen LogP contribution in [0.4, 0.5) is 11.4 Å². The highest BCUT2D eigenvalue weighted by Gasteiger charge is 2.77. The summed E-state index contributed by atoms with van der Waals surface area (Å²) in [6.45, 7) is 11.7. The molecule has 3 fully saturated rings. The van der Waals surface area contributed by atoms with E-state index in [4.69, 9.17) is 0 Å². The largest absolute Gasteiger partial charge is 0.481 e. The minimum Gasteiger partial charge on any atom is -0.481 e. The molecule has 0 aliphatic carbocycles. The second-order valence-electron chi connectivity index (χ2n) is 11.6. The fourth-order valence-corrected chi connectivity index (χ4v) is 9.98. The molecule has 3 aliphatic rings. The number of hydrogen-bond acceptors (Lipinski definition) is 6. The number of carboxylic acids is 1. The number of amides is 2. The van der Waals surface area contributed by atoms with Gasteiger partial charge < -0.3 is 24.9 Å².